The summed E-state index contributed by atoms with van der Waals surface area (Å²) in [6.45, 7) is 6.41. The van der Waals surface area contributed by atoms with Gasteiger partial charge in [-0.3, -0.25) is 0 Å². The van der Waals surface area contributed by atoms with E-state index >= 15 is 0 Å². The third-order valence-corrected chi connectivity index (χ3v) is 6.08. The molecule has 0 radical (unpaired) electrons. The van der Waals surface area contributed by atoms with Gasteiger partial charge in [-0.2, -0.15) is 0 Å². The Morgan fingerprint density at radius 1 is 1.00 bits per heavy atom. The third-order valence-electron chi connectivity index (χ3n) is 4.51. The molecule has 25 heavy (non-hydrogen) atoms. The number of hydrogen-bond acceptors (Lipinski definition) is 2. The van der Waals surface area contributed by atoms with Crippen LogP contribution in [0.1, 0.15) is 83.6 Å². The van der Waals surface area contributed by atoms with Gasteiger partial charge < -0.3 is 5.11 Å². The minimum absolute atomic E-state index is 0.592. The van der Waals surface area contributed by atoms with E-state index < -0.39 is 16.9 Å². The molecule has 0 aliphatic rings. The molecule has 0 bridgehead atoms. The molecule has 2 nitrogen and oxygen atoms in total. The van der Waals surface area contributed by atoms with Crippen LogP contribution < -0.4 is 0 Å². The van der Waals surface area contributed by atoms with Gasteiger partial charge in [-0.1, -0.05) is 82.6 Å². The molecule has 0 fully saturated rings. The molecule has 1 rings (SSSR count). The van der Waals surface area contributed by atoms with E-state index in [-0.39, 0.29) is 0 Å². The fraction of sp³-hybridized carbons (Fsp3) is 0.636. The van der Waals surface area contributed by atoms with Crippen LogP contribution in [-0.2, 0) is 10.8 Å². The smallest absolute Gasteiger partial charge is 0.0874 e. The van der Waals surface area contributed by atoms with Crippen molar-refractivity contribution in [3.05, 3.63) is 40.8 Å². The lowest BCUT2D eigenvalue weighted by Gasteiger charge is -2.15. The molecule has 1 unspecified atom stereocenters. The van der Waals surface area contributed by atoms with Gasteiger partial charge in [0.2, 0.25) is 0 Å². The number of aliphatic hydroxyl groups excluding tert-OH is 1. The van der Waals surface area contributed by atoms with Gasteiger partial charge in [0.25, 0.3) is 0 Å². The van der Waals surface area contributed by atoms with E-state index in [0.29, 0.717) is 11.3 Å². The van der Waals surface area contributed by atoms with E-state index in [2.05, 4.69) is 13.8 Å². The van der Waals surface area contributed by atoms with E-state index in [1.165, 1.54) is 32.1 Å². The van der Waals surface area contributed by atoms with Crippen molar-refractivity contribution in [1.82, 2.24) is 0 Å². The number of rotatable bonds is 13. The summed E-state index contributed by atoms with van der Waals surface area (Å²) in [4.78, 5) is 1.49. The first-order valence-electron chi connectivity index (χ1n) is 9.96. The Balaban J connectivity index is 2.73. The molecule has 1 N–H and O–H groups in total. The van der Waals surface area contributed by atoms with E-state index in [4.69, 9.17) is 0 Å². The molecule has 142 valence electrons. The molecule has 0 aliphatic heterocycles. The summed E-state index contributed by atoms with van der Waals surface area (Å²) in [6, 6.07) is 7.80. The lowest BCUT2D eigenvalue weighted by Crippen LogP contribution is -2.15. The molecular weight excluding hydrogens is 328 g/mol. The van der Waals surface area contributed by atoms with Gasteiger partial charge in [0.05, 0.1) is 16.9 Å². The van der Waals surface area contributed by atoms with Gasteiger partial charge in [-0.05, 0) is 38.3 Å². The average molecular weight is 365 g/mol. The van der Waals surface area contributed by atoms with Crippen LogP contribution in [0.15, 0.2) is 40.1 Å². The summed E-state index contributed by atoms with van der Waals surface area (Å²) < 4.78 is 13.0. The van der Waals surface area contributed by atoms with E-state index in [0.717, 1.165) is 36.1 Å². The molecule has 0 aliphatic carbocycles. The number of unbranched alkanes of at least 4 members (excludes halogenated alkanes) is 7. The first kappa shape index (κ1) is 22.1. The minimum atomic E-state index is -1.26. The molecule has 0 saturated heterocycles. The van der Waals surface area contributed by atoms with Crippen LogP contribution in [0.4, 0.5) is 0 Å². The molecule has 0 saturated carbocycles. The lowest BCUT2D eigenvalue weighted by atomic mass is 10.1. The van der Waals surface area contributed by atoms with Crippen molar-refractivity contribution in [2.24, 2.45) is 0 Å². The van der Waals surface area contributed by atoms with Gasteiger partial charge >= 0.3 is 0 Å². The molecule has 2 atom stereocenters. The summed E-state index contributed by atoms with van der Waals surface area (Å²) in [6.07, 6.45) is 12.3. The van der Waals surface area contributed by atoms with Gasteiger partial charge in [0, 0.05) is 9.80 Å². The first-order chi connectivity index (χ1) is 12.1. The molecule has 0 spiro atoms. The van der Waals surface area contributed by atoms with Crippen LogP contribution in [-0.4, -0.2) is 15.4 Å². The SMILES string of the molecule is CCCCC/C=C(\[C@H](O)CCCCCCC)S(=O)c1ccc(C)cc1. The van der Waals surface area contributed by atoms with Crippen LogP contribution in [0.2, 0.25) is 0 Å². The minimum Gasteiger partial charge on any atom is -0.388 e. The summed E-state index contributed by atoms with van der Waals surface area (Å²) >= 11 is 0. The van der Waals surface area contributed by atoms with Crippen molar-refractivity contribution in [2.75, 3.05) is 0 Å². The van der Waals surface area contributed by atoms with Gasteiger partial charge in [0.1, 0.15) is 0 Å². The Kier molecular flexibility index (Phi) is 11.8. The van der Waals surface area contributed by atoms with Crippen LogP contribution in [0.3, 0.4) is 0 Å². The Hall–Kier alpha value is -0.930. The summed E-state index contributed by atoms with van der Waals surface area (Å²) in [7, 11) is -1.26. The second-order valence-electron chi connectivity index (χ2n) is 6.90. The van der Waals surface area contributed by atoms with Crippen molar-refractivity contribution in [3.8, 4) is 0 Å². The van der Waals surface area contributed by atoms with Crippen LogP contribution in [0.5, 0.6) is 0 Å². The Bertz CT molecular complexity index is 519. The summed E-state index contributed by atoms with van der Waals surface area (Å²) in [5.41, 5.74) is 1.16. The Labute approximate surface area is 157 Å². The monoisotopic (exact) mass is 364 g/mol. The predicted molar refractivity (Wildman–Crippen MR) is 109 cm³/mol. The lowest BCUT2D eigenvalue weighted by molar-refractivity contribution is 0.203. The van der Waals surface area contributed by atoms with Crippen LogP contribution >= 0.6 is 0 Å². The zero-order valence-electron chi connectivity index (χ0n) is 16.3. The van der Waals surface area contributed by atoms with E-state index in [1.54, 1.807) is 0 Å². The maximum absolute atomic E-state index is 13.0. The highest BCUT2D eigenvalue weighted by molar-refractivity contribution is 7.89. The summed E-state index contributed by atoms with van der Waals surface area (Å²) in [5.74, 6) is 0. The molecule has 1 aromatic carbocycles. The maximum atomic E-state index is 13.0. The van der Waals surface area contributed by atoms with Crippen molar-refractivity contribution >= 4 is 10.8 Å². The maximum Gasteiger partial charge on any atom is 0.0874 e. The highest BCUT2D eigenvalue weighted by Gasteiger charge is 2.18. The zero-order valence-corrected chi connectivity index (χ0v) is 17.1. The quantitative estimate of drug-likeness (QED) is 0.418. The summed E-state index contributed by atoms with van der Waals surface area (Å²) in [5, 5.41) is 10.6. The molecule has 0 aromatic heterocycles. The highest BCUT2D eigenvalue weighted by Crippen LogP contribution is 2.23. The van der Waals surface area contributed by atoms with Crippen molar-refractivity contribution in [1.29, 1.82) is 0 Å². The average Bonchev–Trinajstić information content (AvgIpc) is 2.61. The van der Waals surface area contributed by atoms with Gasteiger partial charge in [-0.25, -0.2) is 4.21 Å². The first-order valence-corrected chi connectivity index (χ1v) is 11.1. The van der Waals surface area contributed by atoms with Crippen molar-refractivity contribution in [3.63, 3.8) is 0 Å². The van der Waals surface area contributed by atoms with E-state index in [9.17, 15) is 9.32 Å². The standard InChI is InChI=1S/C22H36O2S/c1-4-6-8-10-11-13-21(23)22(14-12-9-7-5-2)25(24)20-17-15-19(3)16-18-20/h14-18,21,23H,4-13H2,1-3H3/b22-14+/t21-,25?/m1/s1. The largest absolute Gasteiger partial charge is 0.388 e. The number of hydrogen-bond donors (Lipinski definition) is 1. The Morgan fingerprint density at radius 3 is 2.24 bits per heavy atom. The number of aliphatic hydroxyl groups is 1. The van der Waals surface area contributed by atoms with Crippen LogP contribution in [0, 0.1) is 6.92 Å². The molecule has 0 heterocycles. The second kappa shape index (κ2) is 13.3. The van der Waals surface area contributed by atoms with E-state index in [1.807, 2.05) is 37.3 Å². The topological polar surface area (TPSA) is 37.3 Å². The predicted octanol–water partition coefficient (Wildman–Crippen LogP) is 6.29. The number of benzene rings is 1. The zero-order chi connectivity index (χ0) is 18.5. The van der Waals surface area contributed by atoms with Gasteiger partial charge in [-0.15, -0.1) is 0 Å². The normalized spacial score (nSPS) is 14.5. The molecule has 3 heteroatoms. The molecule has 1 aromatic rings. The Morgan fingerprint density at radius 2 is 1.60 bits per heavy atom. The highest BCUT2D eigenvalue weighted by atomic mass is 32.2. The fourth-order valence-corrected chi connectivity index (χ4v) is 4.15. The third kappa shape index (κ3) is 8.82. The molecule has 0 amide bonds. The van der Waals surface area contributed by atoms with Gasteiger partial charge in [0.15, 0.2) is 0 Å². The second-order valence-corrected chi connectivity index (χ2v) is 8.38. The number of aryl methyl sites for hydroxylation is 1. The molecular formula is C22H36O2S. The fourth-order valence-electron chi connectivity index (χ4n) is 2.86. The van der Waals surface area contributed by atoms with Crippen LogP contribution in [0.25, 0.3) is 0 Å². The van der Waals surface area contributed by atoms with Crippen molar-refractivity contribution < 1.29 is 9.32 Å². The number of allylic oxidation sites excluding steroid dienone is 1. The van der Waals surface area contributed by atoms with Crippen molar-refractivity contribution in [2.45, 2.75) is 96.0 Å².